The number of hydrogen-bond acceptors (Lipinski definition) is 3. The van der Waals surface area contributed by atoms with Gasteiger partial charge < -0.3 is 14.0 Å². The van der Waals surface area contributed by atoms with Gasteiger partial charge in [-0.15, -0.1) is 0 Å². The molecule has 0 atom stereocenters. The van der Waals surface area contributed by atoms with E-state index in [0.717, 1.165) is 10.9 Å². The summed E-state index contributed by atoms with van der Waals surface area (Å²) < 4.78 is 12.4. The molecule has 2 rings (SSSR count). The molecule has 0 aliphatic rings. The third kappa shape index (κ3) is 1.75. The second-order valence-corrected chi connectivity index (χ2v) is 3.93. The predicted molar refractivity (Wildman–Crippen MR) is 66.0 cm³/mol. The Balaban J connectivity index is 2.80. The summed E-state index contributed by atoms with van der Waals surface area (Å²) in [5, 5.41) is 0.887. The molecule has 4 nitrogen and oxygen atoms in total. The van der Waals surface area contributed by atoms with Crippen molar-refractivity contribution < 1.29 is 14.3 Å². The molecule has 0 saturated carbocycles. The molecule has 1 heterocycles. The van der Waals surface area contributed by atoms with Crippen LogP contribution in [-0.2, 0) is 7.05 Å². The molecular formula is C13H15NO3. The average Bonchev–Trinajstić information content (AvgIpc) is 2.64. The fourth-order valence-electron chi connectivity index (χ4n) is 1.99. The summed E-state index contributed by atoms with van der Waals surface area (Å²) >= 11 is 0. The van der Waals surface area contributed by atoms with Gasteiger partial charge >= 0.3 is 0 Å². The standard InChI is InChI=1S/C13H15NO3/c1-8(15)10-7-14(2)11-6-13(17-4)12(16-3)5-9(10)11/h5-7H,1-4H3. The van der Waals surface area contributed by atoms with Gasteiger partial charge in [0, 0.05) is 30.3 Å². The fraction of sp³-hybridized carbons (Fsp3) is 0.308. The van der Waals surface area contributed by atoms with Crippen molar-refractivity contribution in [1.29, 1.82) is 0 Å². The first-order chi connectivity index (χ1) is 8.08. The first-order valence-corrected chi connectivity index (χ1v) is 5.30. The number of carbonyl (C=O) groups excluding carboxylic acids is 1. The number of ketones is 1. The molecule has 0 unspecified atom stereocenters. The molecule has 0 fully saturated rings. The largest absolute Gasteiger partial charge is 0.493 e. The summed E-state index contributed by atoms with van der Waals surface area (Å²) in [4.78, 5) is 11.5. The van der Waals surface area contributed by atoms with E-state index in [1.807, 2.05) is 29.9 Å². The molecule has 0 N–H and O–H groups in total. The van der Waals surface area contributed by atoms with Crippen molar-refractivity contribution in [2.45, 2.75) is 6.92 Å². The van der Waals surface area contributed by atoms with Gasteiger partial charge in [-0.1, -0.05) is 0 Å². The van der Waals surface area contributed by atoms with E-state index in [-0.39, 0.29) is 5.78 Å². The molecule has 90 valence electrons. The first-order valence-electron chi connectivity index (χ1n) is 5.30. The van der Waals surface area contributed by atoms with E-state index in [9.17, 15) is 4.79 Å². The normalized spacial score (nSPS) is 10.6. The van der Waals surface area contributed by atoms with E-state index >= 15 is 0 Å². The molecule has 0 aliphatic heterocycles. The summed E-state index contributed by atoms with van der Waals surface area (Å²) in [7, 11) is 5.08. The van der Waals surface area contributed by atoms with Gasteiger partial charge in [-0.3, -0.25) is 4.79 Å². The zero-order chi connectivity index (χ0) is 12.6. The average molecular weight is 233 g/mol. The highest BCUT2D eigenvalue weighted by atomic mass is 16.5. The number of methoxy groups -OCH3 is 2. The first kappa shape index (κ1) is 11.5. The number of benzene rings is 1. The molecule has 0 radical (unpaired) electrons. The molecule has 0 bridgehead atoms. The highest BCUT2D eigenvalue weighted by Crippen LogP contribution is 2.34. The Kier molecular flexibility index (Phi) is 2.79. The molecule has 17 heavy (non-hydrogen) atoms. The number of nitrogens with zero attached hydrogens (tertiary/aromatic N) is 1. The van der Waals surface area contributed by atoms with Crippen LogP contribution in [0.4, 0.5) is 0 Å². The van der Waals surface area contributed by atoms with E-state index in [1.165, 1.54) is 0 Å². The maximum Gasteiger partial charge on any atom is 0.162 e. The van der Waals surface area contributed by atoms with E-state index in [2.05, 4.69) is 0 Å². The lowest BCUT2D eigenvalue weighted by molar-refractivity contribution is 0.101. The van der Waals surface area contributed by atoms with E-state index in [4.69, 9.17) is 9.47 Å². The van der Waals surface area contributed by atoms with Crippen LogP contribution in [-0.4, -0.2) is 24.6 Å². The maximum absolute atomic E-state index is 11.5. The molecule has 0 amide bonds. The van der Waals surface area contributed by atoms with Crippen LogP contribution in [0.5, 0.6) is 11.5 Å². The van der Waals surface area contributed by atoms with Gasteiger partial charge in [0.2, 0.25) is 0 Å². The van der Waals surface area contributed by atoms with Gasteiger partial charge in [-0.2, -0.15) is 0 Å². The number of fused-ring (bicyclic) bond motifs is 1. The quantitative estimate of drug-likeness (QED) is 0.764. The maximum atomic E-state index is 11.5. The van der Waals surface area contributed by atoms with Crippen molar-refractivity contribution in [3.8, 4) is 11.5 Å². The Labute approximate surface area is 99.7 Å². The number of hydrogen-bond donors (Lipinski definition) is 0. The van der Waals surface area contributed by atoms with Crippen molar-refractivity contribution in [3.05, 3.63) is 23.9 Å². The zero-order valence-corrected chi connectivity index (χ0v) is 10.4. The van der Waals surface area contributed by atoms with Crippen LogP contribution in [0, 0.1) is 0 Å². The number of aromatic nitrogens is 1. The Hall–Kier alpha value is -1.97. The third-order valence-corrected chi connectivity index (χ3v) is 2.87. The van der Waals surface area contributed by atoms with Crippen LogP contribution in [0.1, 0.15) is 17.3 Å². The van der Waals surface area contributed by atoms with E-state index < -0.39 is 0 Å². The lowest BCUT2D eigenvalue weighted by atomic mass is 10.1. The second kappa shape index (κ2) is 4.13. The fourth-order valence-corrected chi connectivity index (χ4v) is 1.99. The molecule has 2 aromatic rings. The van der Waals surface area contributed by atoms with Crippen molar-refractivity contribution >= 4 is 16.7 Å². The summed E-state index contributed by atoms with van der Waals surface area (Å²) in [5.41, 5.74) is 1.65. The SMILES string of the molecule is COc1cc2c(C(C)=O)cn(C)c2cc1OC. The molecule has 0 saturated heterocycles. The number of Topliss-reactive ketones (excluding diaryl/α,β-unsaturated/α-hetero) is 1. The lowest BCUT2D eigenvalue weighted by Crippen LogP contribution is -1.92. The van der Waals surface area contributed by atoms with Gasteiger partial charge in [0.25, 0.3) is 0 Å². The van der Waals surface area contributed by atoms with Gasteiger partial charge in [0.15, 0.2) is 17.3 Å². The van der Waals surface area contributed by atoms with Crippen LogP contribution < -0.4 is 9.47 Å². The summed E-state index contributed by atoms with van der Waals surface area (Å²) in [5.74, 6) is 1.34. The Morgan fingerprint density at radius 2 is 1.76 bits per heavy atom. The lowest BCUT2D eigenvalue weighted by Gasteiger charge is -2.08. The summed E-state index contributed by atoms with van der Waals surface area (Å²) in [6, 6.07) is 3.71. The van der Waals surface area contributed by atoms with Gasteiger partial charge in [-0.25, -0.2) is 0 Å². The highest BCUT2D eigenvalue weighted by molar-refractivity contribution is 6.07. The van der Waals surface area contributed by atoms with Crippen molar-refractivity contribution in [2.75, 3.05) is 14.2 Å². The van der Waals surface area contributed by atoms with E-state index in [0.29, 0.717) is 17.1 Å². The molecular weight excluding hydrogens is 218 g/mol. The van der Waals surface area contributed by atoms with Crippen molar-refractivity contribution in [2.24, 2.45) is 7.05 Å². The van der Waals surface area contributed by atoms with E-state index in [1.54, 1.807) is 21.1 Å². The number of ether oxygens (including phenoxy) is 2. The van der Waals surface area contributed by atoms with Gasteiger partial charge in [-0.05, 0) is 13.0 Å². The summed E-state index contributed by atoms with van der Waals surface area (Å²) in [6.07, 6.45) is 1.83. The molecule has 0 spiro atoms. The van der Waals surface area contributed by atoms with Crippen LogP contribution in [0.25, 0.3) is 10.9 Å². The smallest absolute Gasteiger partial charge is 0.162 e. The second-order valence-electron chi connectivity index (χ2n) is 3.93. The van der Waals surface area contributed by atoms with Crippen LogP contribution in [0.2, 0.25) is 0 Å². The minimum Gasteiger partial charge on any atom is -0.493 e. The molecule has 1 aromatic heterocycles. The zero-order valence-electron chi connectivity index (χ0n) is 10.4. The monoisotopic (exact) mass is 233 g/mol. The number of aryl methyl sites for hydroxylation is 1. The molecule has 0 aliphatic carbocycles. The van der Waals surface area contributed by atoms with Crippen LogP contribution in [0.3, 0.4) is 0 Å². The Morgan fingerprint density at radius 3 is 2.29 bits per heavy atom. The minimum absolute atomic E-state index is 0.0443. The van der Waals surface area contributed by atoms with Crippen LogP contribution in [0.15, 0.2) is 18.3 Å². The number of carbonyl (C=O) groups is 1. The molecule has 4 heteroatoms. The molecule has 1 aromatic carbocycles. The van der Waals surface area contributed by atoms with Gasteiger partial charge in [0.05, 0.1) is 19.7 Å². The predicted octanol–water partition coefficient (Wildman–Crippen LogP) is 2.40. The van der Waals surface area contributed by atoms with Crippen molar-refractivity contribution in [1.82, 2.24) is 4.57 Å². The van der Waals surface area contributed by atoms with Crippen LogP contribution >= 0.6 is 0 Å². The minimum atomic E-state index is 0.0443. The van der Waals surface area contributed by atoms with Crippen molar-refractivity contribution in [3.63, 3.8) is 0 Å². The van der Waals surface area contributed by atoms with Gasteiger partial charge in [0.1, 0.15) is 0 Å². The Bertz CT molecular complexity index is 584. The topological polar surface area (TPSA) is 40.5 Å². The highest BCUT2D eigenvalue weighted by Gasteiger charge is 2.14. The Morgan fingerprint density at radius 1 is 1.18 bits per heavy atom. The number of rotatable bonds is 3. The third-order valence-electron chi connectivity index (χ3n) is 2.87. The summed E-state index contributed by atoms with van der Waals surface area (Å²) in [6.45, 7) is 1.56.